The summed E-state index contributed by atoms with van der Waals surface area (Å²) in [5, 5.41) is 13.9. The van der Waals surface area contributed by atoms with Crippen LogP contribution in [-0.4, -0.2) is 68.5 Å². The molecule has 9 heteroatoms. The maximum Gasteiger partial charge on any atom is 0.268 e. The first-order valence-corrected chi connectivity index (χ1v) is 32.8. The molecule has 0 aromatic heterocycles. The number of aliphatic hydroxyl groups excluding tert-OH is 1. The van der Waals surface area contributed by atoms with Crippen molar-refractivity contribution in [2.75, 3.05) is 40.9 Å². The maximum atomic E-state index is 13.0. The number of carbonyl (C=O) groups is 1. The fourth-order valence-corrected chi connectivity index (χ4v) is 10.1. The van der Waals surface area contributed by atoms with Gasteiger partial charge in [0.2, 0.25) is 5.91 Å². The minimum Gasteiger partial charge on any atom is -0.756 e. The van der Waals surface area contributed by atoms with E-state index in [-0.39, 0.29) is 19.1 Å². The molecule has 72 heavy (non-hydrogen) atoms. The quantitative estimate of drug-likeness (QED) is 0.0272. The molecule has 0 spiro atoms. The molecule has 0 aromatic rings. The first kappa shape index (κ1) is 70.7. The molecule has 3 atom stereocenters. The minimum atomic E-state index is -4.60. The highest BCUT2D eigenvalue weighted by atomic mass is 31.2. The molecule has 0 fully saturated rings. The van der Waals surface area contributed by atoms with Crippen molar-refractivity contribution in [2.45, 2.75) is 321 Å². The van der Waals surface area contributed by atoms with E-state index in [1.807, 2.05) is 27.2 Å². The van der Waals surface area contributed by atoms with Gasteiger partial charge in [0, 0.05) is 6.42 Å². The van der Waals surface area contributed by atoms with Crippen molar-refractivity contribution < 1.29 is 32.9 Å². The number of amides is 1. The van der Waals surface area contributed by atoms with Crippen molar-refractivity contribution in [1.29, 1.82) is 0 Å². The van der Waals surface area contributed by atoms with E-state index in [0.717, 1.165) is 44.9 Å². The van der Waals surface area contributed by atoms with E-state index in [0.29, 0.717) is 17.4 Å². The van der Waals surface area contributed by atoms with Crippen LogP contribution in [0.25, 0.3) is 0 Å². The Morgan fingerprint density at radius 2 is 0.806 bits per heavy atom. The average molecular weight is 1040 g/mol. The standard InChI is InChI=1S/C63H123N2O6P/c1-6-8-10-12-14-16-18-20-22-24-25-26-27-28-29-30-31-32-33-34-35-36-37-38-39-41-43-45-47-49-51-53-55-57-63(67)64-61(60-71-72(68,69)70-59-58-65(3,4)5)62(66)56-54-52-50-48-46-44-42-40-23-21-19-17-15-13-11-9-7-2/h18,20,24-25,54,56,61-62,66H,6-17,19,21-23,26-53,55,57-60H2,1-5H3,(H-,64,67,68,69)/b20-18-,25-24-,56-54+. The summed E-state index contributed by atoms with van der Waals surface area (Å²) in [5.41, 5.74) is 0. The summed E-state index contributed by atoms with van der Waals surface area (Å²) < 4.78 is 23.4. The van der Waals surface area contributed by atoms with Crippen molar-refractivity contribution in [3.05, 3.63) is 36.5 Å². The van der Waals surface area contributed by atoms with Crippen molar-refractivity contribution in [2.24, 2.45) is 0 Å². The number of rotatable bonds is 58. The number of nitrogens with one attached hydrogen (secondary N) is 1. The average Bonchev–Trinajstić information content (AvgIpc) is 3.34. The zero-order valence-corrected chi connectivity index (χ0v) is 49.5. The number of phosphoric ester groups is 1. The lowest BCUT2D eigenvalue weighted by Gasteiger charge is -2.29. The van der Waals surface area contributed by atoms with Gasteiger partial charge < -0.3 is 28.8 Å². The second-order valence-corrected chi connectivity index (χ2v) is 24.2. The van der Waals surface area contributed by atoms with Gasteiger partial charge in [0.05, 0.1) is 39.9 Å². The molecule has 0 rings (SSSR count). The highest BCUT2D eigenvalue weighted by Gasteiger charge is 2.23. The van der Waals surface area contributed by atoms with E-state index < -0.39 is 20.0 Å². The summed E-state index contributed by atoms with van der Waals surface area (Å²) in [4.78, 5) is 25.5. The fraction of sp³-hybridized carbons (Fsp3) is 0.889. The molecule has 3 unspecified atom stereocenters. The van der Waals surface area contributed by atoms with E-state index >= 15 is 0 Å². The maximum absolute atomic E-state index is 13.0. The van der Waals surface area contributed by atoms with Crippen LogP contribution in [-0.2, 0) is 18.4 Å². The van der Waals surface area contributed by atoms with Gasteiger partial charge in [-0.1, -0.05) is 288 Å². The van der Waals surface area contributed by atoms with Gasteiger partial charge in [0.1, 0.15) is 13.2 Å². The number of quaternary nitrogens is 1. The van der Waals surface area contributed by atoms with Gasteiger partial charge in [0.15, 0.2) is 0 Å². The number of hydrogen-bond acceptors (Lipinski definition) is 6. The number of hydrogen-bond donors (Lipinski definition) is 2. The van der Waals surface area contributed by atoms with Crippen molar-refractivity contribution in [3.8, 4) is 0 Å². The molecule has 0 saturated carbocycles. The lowest BCUT2D eigenvalue weighted by molar-refractivity contribution is -0.870. The highest BCUT2D eigenvalue weighted by molar-refractivity contribution is 7.45. The first-order chi connectivity index (χ1) is 35.0. The molecule has 8 nitrogen and oxygen atoms in total. The molecule has 0 radical (unpaired) electrons. The molecule has 426 valence electrons. The number of likely N-dealkylation sites (N-methyl/N-ethyl adjacent to an activating group) is 1. The molecule has 0 aromatic carbocycles. The lowest BCUT2D eigenvalue weighted by Crippen LogP contribution is -2.45. The largest absolute Gasteiger partial charge is 0.756 e. The highest BCUT2D eigenvalue weighted by Crippen LogP contribution is 2.38. The van der Waals surface area contributed by atoms with Crippen LogP contribution in [0.15, 0.2) is 36.5 Å². The third-order valence-electron chi connectivity index (χ3n) is 14.3. The van der Waals surface area contributed by atoms with E-state index in [9.17, 15) is 19.4 Å². The van der Waals surface area contributed by atoms with Gasteiger partial charge in [-0.25, -0.2) is 0 Å². The van der Waals surface area contributed by atoms with Gasteiger partial charge in [-0.3, -0.25) is 9.36 Å². The third kappa shape index (κ3) is 56.4. The van der Waals surface area contributed by atoms with Gasteiger partial charge >= 0.3 is 0 Å². The van der Waals surface area contributed by atoms with Crippen molar-refractivity contribution in [1.82, 2.24) is 5.32 Å². The summed E-state index contributed by atoms with van der Waals surface area (Å²) in [5.74, 6) is -0.192. The lowest BCUT2D eigenvalue weighted by atomic mass is 10.0. The van der Waals surface area contributed by atoms with E-state index in [1.54, 1.807) is 6.08 Å². The molecule has 1 amide bonds. The molecule has 0 aliphatic heterocycles. The van der Waals surface area contributed by atoms with Crippen molar-refractivity contribution in [3.63, 3.8) is 0 Å². The second-order valence-electron chi connectivity index (χ2n) is 22.8. The Morgan fingerprint density at radius 1 is 0.486 bits per heavy atom. The monoisotopic (exact) mass is 1030 g/mol. The topological polar surface area (TPSA) is 108 Å². The molecule has 0 heterocycles. The van der Waals surface area contributed by atoms with Gasteiger partial charge in [-0.2, -0.15) is 0 Å². The van der Waals surface area contributed by atoms with Gasteiger partial charge in [-0.15, -0.1) is 0 Å². The number of aliphatic hydroxyl groups is 1. The molecular formula is C63H123N2O6P. The van der Waals surface area contributed by atoms with Crippen LogP contribution >= 0.6 is 7.82 Å². The number of unbranched alkanes of at least 4 members (excludes halogenated alkanes) is 41. The van der Waals surface area contributed by atoms with E-state index in [2.05, 4.69) is 43.5 Å². The van der Waals surface area contributed by atoms with Crippen LogP contribution in [0.4, 0.5) is 0 Å². The number of allylic oxidation sites excluding steroid dienone is 5. The summed E-state index contributed by atoms with van der Waals surface area (Å²) in [6.45, 7) is 4.68. The fourth-order valence-electron chi connectivity index (χ4n) is 9.42. The zero-order chi connectivity index (χ0) is 52.7. The van der Waals surface area contributed by atoms with Crippen LogP contribution in [0.1, 0.15) is 309 Å². The molecule has 0 saturated heterocycles. The number of phosphoric acid groups is 1. The predicted octanol–water partition coefficient (Wildman–Crippen LogP) is 18.7. The smallest absolute Gasteiger partial charge is 0.268 e. The summed E-state index contributed by atoms with van der Waals surface area (Å²) in [6, 6.07) is -0.885. The Hall–Kier alpha value is -1.28. The predicted molar refractivity (Wildman–Crippen MR) is 311 cm³/mol. The summed E-state index contributed by atoms with van der Waals surface area (Å²) >= 11 is 0. The SMILES string of the molecule is CCCCCCC/C=C\C/C=C\CCCCCCCCCCCCCCCCCCCCCCCC(=O)NC(COP(=O)([O-])OCC[N+](C)(C)C)C(O)/C=C/CCCCCCCCCCCCCCCCC. The minimum absolute atomic E-state index is 0.000979. The van der Waals surface area contributed by atoms with Crippen molar-refractivity contribution >= 4 is 13.7 Å². The molecule has 0 aliphatic rings. The van der Waals surface area contributed by atoms with Gasteiger partial charge in [-0.05, 0) is 51.4 Å². The molecule has 0 aliphatic carbocycles. The van der Waals surface area contributed by atoms with Gasteiger partial charge in [0.25, 0.3) is 7.82 Å². The molecule has 0 bridgehead atoms. The van der Waals surface area contributed by atoms with Crippen LogP contribution in [0.2, 0.25) is 0 Å². The zero-order valence-electron chi connectivity index (χ0n) is 48.6. The Balaban J connectivity index is 4.02. The first-order valence-electron chi connectivity index (χ1n) is 31.4. The number of carbonyl (C=O) groups excluding carboxylic acids is 1. The molecular weight excluding hydrogens is 912 g/mol. The summed E-state index contributed by atoms with van der Waals surface area (Å²) in [7, 11) is 1.27. The third-order valence-corrected chi connectivity index (χ3v) is 15.3. The van der Waals surface area contributed by atoms with Crippen LogP contribution in [0.5, 0.6) is 0 Å². The second kappa shape index (κ2) is 54.5. The van der Waals surface area contributed by atoms with Crippen LogP contribution in [0, 0.1) is 0 Å². The molecule has 2 N–H and O–H groups in total. The number of nitrogens with zero attached hydrogens (tertiary/aromatic N) is 1. The Labute approximate surface area is 448 Å². The Bertz CT molecular complexity index is 1270. The summed E-state index contributed by atoms with van der Waals surface area (Å²) in [6.07, 6.45) is 71.0. The Kier molecular flexibility index (Phi) is 53.5. The Morgan fingerprint density at radius 3 is 1.15 bits per heavy atom. The normalized spacial score (nSPS) is 14.0. The van der Waals surface area contributed by atoms with E-state index in [1.165, 1.54) is 244 Å². The van der Waals surface area contributed by atoms with Crippen LogP contribution in [0.3, 0.4) is 0 Å². The van der Waals surface area contributed by atoms with E-state index in [4.69, 9.17) is 9.05 Å². The van der Waals surface area contributed by atoms with Crippen LogP contribution < -0.4 is 10.2 Å².